The number of anilines is 2. The summed E-state index contributed by atoms with van der Waals surface area (Å²) in [5.41, 5.74) is 1.31. The van der Waals surface area contributed by atoms with E-state index < -0.39 is 5.91 Å². The number of rotatable bonds is 5. The molecule has 0 heterocycles. The normalized spacial score (nSPS) is 10.2. The molecule has 7 heteroatoms. The number of carbonyl (C=O) groups is 3. The summed E-state index contributed by atoms with van der Waals surface area (Å²) in [6, 6.07) is 11.4. The van der Waals surface area contributed by atoms with E-state index in [9.17, 15) is 14.4 Å². The van der Waals surface area contributed by atoms with Crippen molar-refractivity contribution in [1.82, 2.24) is 0 Å². The SMILES string of the molecule is CC(=O)c1cccc(NC(=O)CN(C(C)=O)c2cccc(Cl)c2Cl)c1. The van der Waals surface area contributed by atoms with Crippen molar-refractivity contribution in [3.05, 3.63) is 58.1 Å². The maximum atomic E-state index is 12.3. The molecule has 0 atom stereocenters. The molecule has 0 aliphatic heterocycles. The Hall–Kier alpha value is -2.37. The number of ketones is 1. The Morgan fingerprint density at radius 2 is 1.72 bits per heavy atom. The van der Waals surface area contributed by atoms with Crippen LogP contribution >= 0.6 is 23.2 Å². The summed E-state index contributed by atoms with van der Waals surface area (Å²) < 4.78 is 0. The number of amides is 2. The van der Waals surface area contributed by atoms with Crippen molar-refractivity contribution in [2.24, 2.45) is 0 Å². The van der Waals surface area contributed by atoms with Gasteiger partial charge in [-0.3, -0.25) is 14.4 Å². The van der Waals surface area contributed by atoms with Gasteiger partial charge < -0.3 is 10.2 Å². The fourth-order valence-electron chi connectivity index (χ4n) is 2.23. The van der Waals surface area contributed by atoms with Gasteiger partial charge in [0.2, 0.25) is 11.8 Å². The van der Waals surface area contributed by atoms with Gasteiger partial charge >= 0.3 is 0 Å². The summed E-state index contributed by atoms with van der Waals surface area (Å²) >= 11 is 12.1. The molecule has 130 valence electrons. The maximum Gasteiger partial charge on any atom is 0.244 e. The molecule has 2 aromatic carbocycles. The Morgan fingerprint density at radius 3 is 2.36 bits per heavy atom. The molecule has 0 aliphatic carbocycles. The van der Waals surface area contributed by atoms with Crippen LogP contribution in [0.5, 0.6) is 0 Å². The van der Waals surface area contributed by atoms with E-state index in [2.05, 4.69) is 5.32 Å². The van der Waals surface area contributed by atoms with E-state index in [1.165, 1.54) is 18.7 Å². The third kappa shape index (κ3) is 4.81. The third-order valence-corrected chi connectivity index (χ3v) is 4.27. The zero-order chi connectivity index (χ0) is 18.6. The second-order valence-electron chi connectivity index (χ2n) is 5.36. The van der Waals surface area contributed by atoms with E-state index in [0.717, 1.165) is 0 Å². The molecule has 0 aromatic heterocycles. The van der Waals surface area contributed by atoms with Crippen molar-refractivity contribution < 1.29 is 14.4 Å². The van der Waals surface area contributed by atoms with Crippen molar-refractivity contribution in [1.29, 1.82) is 0 Å². The van der Waals surface area contributed by atoms with Gasteiger partial charge in [-0.05, 0) is 31.2 Å². The van der Waals surface area contributed by atoms with Crippen molar-refractivity contribution in [3.8, 4) is 0 Å². The molecule has 2 amide bonds. The molecular weight excluding hydrogens is 363 g/mol. The molecule has 25 heavy (non-hydrogen) atoms. The summed E-state index contributed by atoms with van der Waals surface area (Å²) in [4.78, 5) is 36.9. The highest BCUT2D eigenvalue weighted by molar-refractivity contribution is 6.44. The van der Waals surface area contributed by atoms with Crippen LogP contribution in [0.15, 0.2) is 42.5 Å². The molecule has 1 N–H and O–H groups in total. The lowest BCUT2D eigenvalue weighted by Gasteiger charge is -2.22. The maximum absolute atomic E-state index is 12.3. The summed E-state index contributed by atoms with van der Waals surface area (Å²) in [6.07, 6.45) is 0. The van der Waals surface area contributed by atoms with Gasteiger partial charge in [0.05, 0.1) is 15.7 Å². The second kappa shape index (κ2) is 8.14. The average molecular weight is 379 g/mol. The fraction of sp³-hybridized carbons (Fsp3) is 0.167. The number of benzene rings is 2. The molecule has 0 aliphatic rings. The van der Waals surface area contributed by atoms with Crippen LogP contribution in [-0.2, 0) is 9.59 Å². The van der Waals surface area contributed by atoms with E-state index in [1.54, 1.807) is 42.5 Å². The van der Waals surface area contributed by atoms with Crippen molar-refractivity contribution in [2.45, 2.75) is 13.8 Å². The van der Waals surface area contributed by atoms with Crippen LogP contribution in [0.25, 0.3) is 0 Å². The summed E-state index contributed by atoms with van der Waals surface area (Å²) in [5, 5.41) is 3.16. The predicted molar refractivity (Wildman–Crippen MR) is 99.6 cm³/mol. The van der Waals surface area contributed by atoms with Crippen molar-refractivity contribution >= 4 is 52.2 Å². The van der Waals surface area contributed by atoms with Gasteiger partial charge in [0.1, 0.15) is 6.54 Å². The lowest BCUT2D eigenvalue weighted by molar-refractivity contribution is -0.120. The second-order valence-corrected chi connectivity index (χ2v) is 6.15. The first-order valence-corrected chi connectivity index (χ1v) is 8.18. The molecule has 5 nitrogen and oxygen atoms in total. The van der Waals surface area contributed by atoms with E-state index in [-0.39, 0.29) is 23.3 Å². The highest BCUT2D eigenvalue weighted by atomic mass is 35.5. The number of nitrogens with one attached hydrogen (secondary N) is 1. The highest BCUT2D eigenvalue weighted by Crippen LogP contribution is 2.32. The number of hydrogen-bond donors (Lipinski definition) is 1. The lowest BCUT2D eigenvalue weighted by atomic mass is 10.1. The Kier molecular flexibility index (Phi) is 6.17. The molecule has 2 aromatic rings. The number of Topliss-reactive ketones (excluding diaryl/α,β-unsaturated/α-hetero) is 1. The first kappa shape index (κ1) is 19.0. The number of carbonyl (C=O) groups excluding carboxylic acids is 3. The number of halogens is 2. The molecule has 0 unspecified atom stereocenters. The standard InChI is InChI=1S/C18H16Cl2N2O3/c1-11(23)13-5-3-6-14(9-13)21-17(25)10-22(12(2)24)16-8-4-7-15(19)18(16)20/h3-9H,10H2,1-2H3,(H,21,25). The monoisotopic (exact) mass is 378 g/mol. The average Bonchev–Trinajstić information content (AvgIpc) is 2.55. The summed E-state index contributed by atoms with van der Waals surface area (Å²) in [6.45, 7) is 2.54. The molecule has 0 bridgehead atoms. The van der Waals surface area contributed by atoms with Gasteiger partial charge in [-0.25, -0.2) is 0 Å². The van der Waals surface area contributed by atoms with Gasteiger partial charge in [0, 0.05) is 18.2 Å². The number of hydrogen-bond acceptors (Lipinski definition) is 3. The molecule has 2 rings (SSSR count). The predicted octanol–water partition coefficient (Wildman–Crippen LogP) is 4.19. The minimum Gasteiger partial charge on any atom is -0.325 e. The first-order chi connectivity index (χ1) is 11.8. The fourth-order valence-corrected chi connectivity index (χ4v) is 2.62. The smallest absolute Gasteiger partial charge is 0.244 e. The van der Waals surface area contributed by atoms with E-state index in [1.807, 2.05) is 0 Å². The molecule has 0 saturated carbocycles. The van der Waals surface area contributed by atoms with Crippen LogP contribution in [-0.4, -0.2) is 24.1 Å². The van der Waals surface area contributed by atoms with Crippen molar-refractivity contribution in [3.63, 3.8) is 0 Å². The molecular formula is C18H16Cl2N2O3. The lowest BCUT2D eigenvalue weighted by Crippen LogP contribution is -2.36. The van der Waals surface area contributed by atoms with Crippen LogP contribution in [0.4, 0.5) is 11.4 Å². The third-order valence-electron chi connectivity index (χ3n) is 3.46. The molecule has 0 radical (unpaired) electrons. The first-order valence-electron chi connectivity index (χ1n) is 7.42. The minimum atomic E-state index is -0.424. The quantitative estimate of drug-likeness (QED) is 0.793. The van der Waals surface area contributed by atoms with E-state index in [4.69, 9.17) is 23.2 Å². The Morgan fingerprint density at radius 1 is 1.04 bits per heavy atom. The van der Waals surface area contributed by atoms with Crippen LogP contribution in [0.3, 0.4) is 0 Å². The van der Waals surface area contributed by atoms with Gasteiger partial charge in [0.25, 0.3) is 0 Å². The van der Waals surface area contributed by atoms with Crippen molar-refractivity contribution in [2.75, 3.05) is 16.8 Å². The summed E-state index contributed by atoms with van der Waals surface area (Å²) in [7, 11) is 0. The molecule has 0 saturated heterocycles. The summed E-state index contributed by atoms with van der Waals surface area (Å²) in [5.74, 6) is -0.879. The number of nitrogens with zero attached hydrogens (tertiary/aromatic N) is 1. The van der Waals surface area contributed by atoms with Gasteiger partial charge in [-0.15, -0.1) is 0 Å². The Balaban J connectivity index is 2.19. The Bertz CT molecular complexity index is 837. The zero-order valence-corrected chi connectivity index (χ0v) is 15.2. The van der Waals surface area contributed by atoms with Crippen LogP contribution in [0.1, 0.15) is 24.2 Å². The van der Waals surface area contributed by atoms with Crippen LogP contribution in [0.2, 0.25) is 10.0 Å². The van der Waals surface area contributed by atoms with E-state index in [0.29, 0.717) is 22.0 Å². The highest BCUT2D eigenvalue weighted by Gasteiger charge is 2.19. The topological polar surface area (TPSA) is 66.5 Å². The Labute approximate surface area is 155 Å². The molecule has 0 spiro atoms. The van der Waals surface area contributed by atoms with Gasteiger partial charge in [0.15, 0.2) is 5.78 Å². The van der Waals surface area contributed by atoms with Crippen LogP contribution in [0, 0.1) is 0 Å². The van der Waals surface area contributed by atoms with Gasteiger partial charge in [-0.2, -0.15) is 0 Å². The zero-order valence-electron chi connectivity index (χ0n) is 13.7. The van der Waals surface area contributed by atoms with E-state index >= 15 is 0 Å². The largest absolute Gasteiger partial charge is 0.325 e. The molecule has 0 fully saturated rings. The van der Waals surface area contributed by atoms with Crippen LogP contribution < -0.4 is 10.2 Å². The van der Waals surface area contributed by atoms with Gasteiger partial charge in [-0.1, -0.05) is 41.4 Å². The minimum absolute atomic E-state index is 0.104.